The minimum absolute atomic E-state index is 0.0784. The average molecular weight is 438 g/mol. The Kier molecular flexibility index (Phi) is 6.39. The number of rotatable bonds is 7. The van der Waals surface area contributed by atoms with Gasteiger partial charge in [-0.05, 0) is 87.4 Å². The molecule has 1 spiro atoms. The Labute approximate surface area is 188 Å². The number of anilines is 1. The van der Waals surface area contributed by atoms with Crippen LogP contribution in [0.25, 0.3) is 0 Å². The van der Waals surface area contributed by atoms with Crippen LogP contribution in [0, 0.1) is 5.41 Å². The third-order valence-corrected chi connectivity index (χ3v) is 8.31. The van der Waals surface area contributed by atoms with Crippen molar-refractivity contribution in [3.8, 4) is 0 Å². The fraction of sp³-hybridized carbons (Fsp3) is 0.440. The molecular formula is C25H31N3O2S. The van der Waals surface area contributed by atoms with Crippen LogP contribution in [0.5, 0.6) is 0 Å². The van der Waals surface area contributed by atoms with Crippen molar-refractivity contribution < 1.29 is 9.59 Å². The summed E-state index contributed by atoms with van der Waals surface area (Å²) in [6, 6.07) is 15.9. The van der Waals surface area contributed by atoms with E-state index in [-0.39, 0.29) is 17.1 Å². The summed E-state index contributed by atoms with van der Waals surface area (Å²) in [5.41, 5.74) is 9.07. The molecule has 0 bridgehead atoms. The van der Waals surface area contributed by atoms with E-state index in [0.29, 0.717) is 6.54 Å². The number of thioether (sulfide) groups is 1. The Morgan fingerprint density at radius 1 is 1.00 bits per heavy atom. The molecule has 31 heavy (non-hydrogen) atoms. The quantitative estimate of drug-likeness (QED) is 0.560. The van der Waals surface area contributed by atoms with Crippen molar-refractivity contribution in [2.24, 2.45) is 11.1 Å². The van der Waals surface area contributed by atoms with E-state index >= 15 is 0 Å². The van der Waals surface area contributed by atoms with Crippen LogP contribution < -0.4 is 16.4 Å². The summed E-state index contributed by atoms with van der Waals surface area (Å²) in [6.07, 6.45) is 5.12. The highest BCUT2D eigenvalue weighted by Gasteiger charge is 2.52. The van der Waals surface area contributed by atoms with E-state index in [0.717, 1.165) is 66.9 Å². The summed E-state index contributed by atoms with van der Waals surface area (Å²) < 4.78 is -0.495. The van der Waals surface area contributed by atoms with Crippen molar-refractivity contribution in [1.82, 2.24) is 5.32 Å². The van der Waals surface area contributed by atoms with Gasteiger partial charge in [0.1, 0.15) is 0 Å². The molecule has 2 aliphatic rings. The molecular weight excluding hydrogens is 406 g/mol. The highest BCUT2D eigenvalue weighted by molar-refractivity contribution is 8.01. The standard InChI is InChI=1S/C25H31N3O2S/c1-18(29)20-4-2-19(3-5-20)16-28-21-6-8-22(9-7-21)31-25(23(26)30)11-10-24(17-25)12-14-27-15-13-24/h2-9,27-28H,10-17H2,1H3,(H2,26,30). The first kappa shape index (κ1) is 21.9. The second-order valence-corrected chi connectivity index (χ2v) is 10.5. The number of benzene rings is 2. The molecule has 1 saturated heterocycles. The Hall–Kier alpha value is -2.31. The number of hydrogen-bond acceptors (Lipinski definition) is 5. The molecule has 4 rings (SSSR count). The van der Waals surface area contributed by atoms with Crippen LogP contribution in [-0.4, -0.2) is 29.5 Å². The Morgan fingerprint density at radius 2 is 1.68 bits per heavy atom. The first-order chi connectivity index (χ1) is 14.9. The number of carbonyl (C=O) groups is 2. The molecule has 1 aliphatic heterocycles. The number of hydrogen-bond donors (Lipinski definition) is 3. The molecule has 6 heteroatoms. The number of primary amides is 1. The topological polar surface area (TPSA) is 84.2 Å². The zero-order valence-corrected chi connectivity index (χ0v) is 18.9. The van der Waals surface area contributed by atoms with Crippen LogP contribution in [0.2, 0.25) is 0 Å². The first-order valence-corrected chi connectivity index (χ1v) is 11.8. The molecule has 0 aromatic heterocycles. The van der Waals surface area contributed by atoms with Gasteiger partial charge in [0.05, 0.1) is 4.75 Å². The van der Waals surface area contributed by atoms with Gasteiger partial charge in [0.15, 0.2) is 5.78 Å². The average Bonchev–Trinajstić information content (AvgIpc) is 3.13. The van der Waals surface area contributed by atoms with E-state index in [1.54, 1.807) is 18.7 Å². The van der Waals surface area contributed by atoms with Crippen molar-refractivity contribution in [3.63, 3.8) is 0 Å². The molecule has 4 N–H and O–H groups in total. The summed E-state index contributed by atoms with van der Waals surface area (Å²) in [5.74, 6) is -0.0983. The van der Waals surface area contributed by atoms with Gasteiger partial charge in [-0.3, -0.25) is 9.59 Å². The summed E-state index contributed by atoms with van der Waals surface area (Å²) in [4.78, 5) is 25.0. The number of nitrogens with one attached hydrogen (secondary N) is 2. The van der Waals surface area contributed by atoms with Crippen LogP contribution in [0.4, 0.5) is 5.69 Å². The number of carbonyl (C=O) groups excluding carboxylic acids is 2. The molecule has 2 fully saturated rings. The van der Waals surface area contributed by atoms with Crippen molar-refractivity contribution in [2.45, 2.75) is 55.2 Å². The molecule has 1 atom stereocenters. The van der Waals surface area contributed by atoms with Crippen molar-refractivity contribution >= 4 is 29.1 Å². The van der Waals surface area contributed by atoms with E-state index in [4.69, 9.17) is 5.73 Å². The second kappa shape index (κ2) is 9.05. The lowest BCUT2D eigenvalue weighted by molar-refractivity contribution is -0.120. The first-order valence-electron chi connectivity index (χ1n) is 11.0. The van der Waals surface area contributed by atoms with Gasteiger partial charge in [-0.1, -0.05) is 24.3 Å². The number of piperidine rings is 1. The van der Waals surface area contributed by atoms with E-state index in [1.807, 2.05) is 24.3 Å². The predicted octanol–water partition coefficient (Wildman–Crippen LogP) is 4.37. The van der Waals surface area contributed by atoms with Crippen LogP contribution in [0.3, 0.4) is 0 Å². The predicted molar refractivity (Wildman–Crippen MR) is 126 cm³/mol. The molecule has 1 saturated carbocycles. The second-order valence-electron chi connectivity index (χ2n) is 9.02. The van der Waals surface area contributed by atoms with E-state index in [1.165, 1.54) is 0 Å². The maximum absolute atomic E-state index is 12.5. The Balaban J connectivity index is 1.38. The summed E-state index contributed by atoms with van der Waals surface area (Å²) >= 11 is 1.65. The minimum Gasteiger partial charge on any atom is -0.381 e. The van der Waals surface area contributed by atoms with Gasteiger partial charge in [-0.15, -0.1) is 11.8 Å². The smallest absolute Gasteiger partial charge is 0.234 e. The van der Waals surface area contributed by atoms with Crippen LogP contribution in [0.1, 0.15) is 54.9 Å². The van der Waals surface area contributed by atoms with E-state index < -0.39 is 4.75 Å². The molecule has 1 amide bonds. The highest BCUT2D eigenvalue weighted by atomic mass is 32.2. The lowest BCUT2D eigenvalue weighted by Crippen LogP contribution is -2.42. The van der Waals surface area contributed by atoms with Gasteiger partial charge in [0.25, 0.3) is 0 Å². The largest absolute Gasteiger partial charge is 0.381 e. The minimum atomic E-state index is -0.495. The molecule has 1 heterocycles. The lowest BCUT2D eigenvalue weighted by atomic mass is 9.77. The summed E-state index contributed by atoms with van der Waals surface area (Å²) in [5, 5.41) is 6.85. The molecule has 1 unspecified atom stereocenters. The van der Waals surface area contributed by atoms with Crippen LogP contribution >= 0.6 is 11.8 Å². The van der Waals surface area contributed by atoms with Crippen LogP contribution in [0.15, 0.2) is 53.4 Å². The summed E-state index contributed by atoms with van der Waals surface area (Å²) in [7, 11) is 0. The summed E-state index contributed by atoms with van der Waals surface area (Å²) in [6.45, 7) is 4.34. The zero-order chi connectivity index (χ0) is 21.9. The Morgan fingerprint density at radius 3 is 2.29 bits per heavy atom. The maximum atomic E-state index is 12.5. The van der Waals surface area contributed by atoms with E-state index in [9.17, 15) is 9.59 Å². The fourth-order valence-electron chi connectivity index (χ4n) is 4.91. The number of nitrogens with two attached hydrogens (primary N) is 1. The molecule has 2 aromatic rings. The number of ketones is 1. The Bertz CT molecular complexity index is 936. The number of Topliss-reactive ketones (excluding diaryl/α,β-unsaturated/α-hetero) is 1. The van der Waals surface area contributed by atoms with Crippen molar-refractivity contribution in [3.05, 3.63) is 59.7 Å². The van der Waals surface area contributed by atoms with Crippen molar-refractivity contribution in [2.75, 3.05) is 18.4 Å². The lowest BCUT2D eigenvalue weighted by Gasteiger charge is -2.35. The highest BCUT2D eigenvalue weighted by Crippen LogP contribution is 2.56. The van der Waals surface area contributed by atoms with Crippen molar-refractivity contribution in [1.29, 1.82) is 0 Å². The van der Waals surface area contributed by atoms with E-state index in [2.05, 4.69) is 34.9 Å². The third-order valence-electron chi connectivity index (χ3n) is 6.86. The van der Waals surface area contributed by atoms with Crippen LogP contribution in [-0.2, 0) is 11.3 Å². The van der Waals surface area contributed by atoms with Gasteiger partial charge in [-0.2, -0.15) is 0 Å². The molecule has 1 aliphatic carbocycles. The third kappa shape index (κ3) is 4.96. The van der Waals surface area contributed by atoms with Gasteiger partial charge < -0.3 is 16.4 Å². The van der Waals surface area contributed by atoms with Gasteiger partial charge in [0.2, 0.25) is 5.91 Å². The van der Waals surface area contributed by atoms with Gasteiger partial charge >= 0.3 is 0 Å². The normalized spacial score (nSPS) is 22.4. The molecule has 0 radical (unpaired) electrons. The molecule has 5 nitrogen and oxygen atoms in total. The SMILES string of the molecule is CC(=O)c1ccc(CNc2ccc(SC3(C(N)=O)CCC4(CCNCC4)C3)cc2)cc1. The zero-order valence-electron chi connectivity index (χ0n) is 18.1. The maximum Gasteiger partial charge on any atom is 0.234 e. The fourth-order valence-corrected chi connectivity index (χ4v) is 6.32. The van der Waals surface area contributed by atoms with Gasteiger partial charge in [-0.25, -0.2) is 0 Å². The molecule has 164 valence electrons. The molecule has 2 aromatic carbocycles. The number of amides is 1. The monoisotopic (exact) mass is 437 g/mol. The van der Waals surface area contributed by atoms with Gasteiger partial charge in [0, 0.05) is 22.7 Å².